The molecule has 6 heteroatoms. The van der Waals surface area contributed by atoms with Gasteiger partial charge in [-0.05, 0) is 31.7 Å². The topological polar surface area (TPSA) is 89.5 Å². The van der Waals surface area contributed by atoms with Crippen LogP contribution in [0.2, 0.25) is 0 Å². The highest BCUT2D eigenvalue weighted by molar-refractivity contribution is 5.77. The molecule has 1 unspecified atom stereocenters. The van der Waals surface area contributed by atoms with Crippen LogP contribution in [0.1, 0.15) is 44.2 Å². The van der Waals surface area contributed by atoms with Crippen LogP contribution in [0.15, 0.2) is 24.3 Å². The Morgan fingerprint density at radius 3 is 2.71 bits per heavy atom. The number of nitro groups is 1. The molecule has 0 radical (unpaired) electrons. The summed E-state index contributed by atoms with van der Waals surface area (Å²) in [5.41, 5.74) is 6.54. The summed E-state index contributed by atoms with van der Waals surface area (Å²) < 4.78 is 0. The largest absolute Gasteiger partial charge is 0.339 e. The molecule has 0 bridgehead atoms. The predicted molar refractivity (Wildman–Crippen MR) is 79.7 cm³/mol. The molecule has 1 aliphatic carbocycles. The normalized spacial score (nSPS) is 17.7. The molecule has 1 aromatic rings. The number of hydrogen-bond donors (Lipinski definition) is 1. The van der Waals surface area contributed by atoms with E-state index < -0.39 is 4.92 Å². The minimum absolute atomic E-state index is 0.0174. The molecule has 2 N–H and O–H groups in total. The molecule has 2 rings (SSSR count). The standard InChI is InChI=1S/C15H21N3O3/c1-11(12-5-3-6-13(9-12)18(20)21)17(2)14(19)10-15(16)7-4-8-15/h3,5-6,9,11H,4,7-8,10,16H2,1-2H3. The predicted octanol–water partition coefficient (Wildman–Crippen LogP) is 2.39. The molecular weight excluding hydrogens is 270 g/mol. The average molecular weight is 291 g/mol. The number of hydrogen-bond acceptors (Lipinski definition) is 4. The SMILES string of the molecule is CC(c1cccc([N+](=O)[O-])c1)N(C)C(=O)CC1(N)CCC1. The molecule has 1 saturated carbocycles. The van der Waals surface area contributed by atoms with Gasteiger partial charge in [0.2, 0.25) is 5.91 Å². The van der Waals surface area contributed by atoms with Crippen LogP contribution in [0.4, 0.5) is 5.69 Å². The van der Waals surface area contributed by atoms with E-state index in [1.807, 2.05) is 6.92 Å². The second-order valence-corrected chi connectivity index (χ2v) is 5.93. The van der Waals surface area contributed by atoms with Gasteiger partial charge in [0.25, 0.3) is 5.69 Å². The van der Waals surface area contributed by atoms with Gasteiger partial charge in [-0.25, -0.2) is 0 Å². The highest BCUT2D eigenvalue weighted by Crippen LogP contribution is 2.33. The molecule has 0 spiro atoms. The van der Waals surface area contributed by atoms with E-state index in [4.69, 9.17) is 5.73 Å². The number of benzene rings is 1. The van der Waals surface area contributed by atoms with Gasteiger partial charge in [-0.3, -0.25) is 14.9 Å². The molecule has 1 amide bonds. The molecule has 21 heavy (non-hydrogen) atoms. The maximum absolute atomic E-state index is 12.3. The average Bonchev–Trinajstić information content (AvgIpc) is 2.44. The van der Waals surface area contributed by atoms with Crippen LogP contribution in [0.25, 0.3) is 0 Å². The van der Waals surface area contributed by atoms with Gasteiger partial charge in [-0.1, -0.05) is 12.1 Å². The Morgan fingerprint density at radius 2 is 2.19 bits per heavy atom. The molecule has 1 atom stereocenters. The molecule has 0 aromatic heterocycles. The zero-order chi connectivity index (χ0) is 15.6. The Hall–Kier alpha value is -1.95. The zero-order valence-corrected chi connectivity index (χ0v) is 12.4. The molecule has 0 aliphatic heterocycles. The third-order valence-corrected chi connectivity index (χ3v) is 4.39. The molecular formula is C15H21N3O3. The first kappa shape index (κ1) is 15.4. The Bertz CT molecular complexity index is 555. The van der Waals surface area contributed by atoms with Gasteiger partial charge < -0.3 is 10.6 Å². The third-order valence-electron chi connectivity index (χ3n) is 4.39. The van der Waals surface area contributed by atoms with Crippen LogP contribution < -0.4 is 5.73 Å². The van der Waals surface area contributed by atoms with E-state index in [-0.39, 0.29) is 23.2 Å². The number of amides is 1. The first-order valence-electron chi connectivity index (χ1n) is 7.11. The number of nitrogens with two attached hydrogens (primary N) is 1. The van der Waals surface area contributed by atoms with Crippen LogP contribution in [0.5, 0.6) is 0 Å². The first-order chi connectivity index (χ1) is 9.82. The van der Waals surface area contributed by atoms with E-state index in [9.17, 15) is 14.9 Å². The van der Waals surface area contributed by atoms with Crippen LogP contribution in [0.3, 0.4) is 0 Å². The Morgan fingerprint density at radius 1 is 1.52 bits per heavy atom. The fourth-order valence-electron chi connectivity index (χ4n) is 2.57. The Kier molecular flexibility index (Phi) is 4.27. The van der Waals surface area contributed by atoms with Crippen LogP contribution >= 0.6 is 0 Å². The minimum Gasteiger partial charge on any atom is -0.339 e. The summed E-state index contributed by atoms with van der Waals surface area (Å²) in [6.07, 6.45) is 3.19. The van der Waals surface area contributed by atoms with E-state index in [2.05, 4.69) is 0 Å². The van der Waals surface area contributed by atoms with Crippen LogP contribution in [0, 0.1) is 10.1 Å². The maximum atomic E-state index is 12.3. The van der Waals surface area contributed by atoms with Gasteiger partial charge in [0, 0.05) is 31.1 Å². The first-order valence-corrected chi connectivity index (χ1v) is 7.11. The lowest BCUT2D eigenvalue weighted by molar-refractivity contribution is -0.384. The number of non-ortho nitro benzene ring substituents is 1. The number of nitrogens with zero attached hydrogens (tertiary/aromatic N) is 2. The van der Waals surface area contributed by atoms with Crippen molar-refractivity contribution in [3.63, 3.8) is 0 Å². The lowest BCUT2D eigenvalue weighted by Gasteiger charge is -2.39. The van der Waals surface area contributed by atoms with Gasteiger partial charge in [0.05, 0.1) is 11.0 Å². The fraction of sp³-hybridized carbons (Fsp3) is 0.533. The molecule has 0 saturated heterocycles. The van der Waals surface area contributed by atoms with E-state index in [0.29, 0.717) is 6.42 Å². The molecule has 1 fully saturated rings. The van der Waals surface area contributed by atoms with Crippen molar-refractivity contribution in [2.75, 3.05) is 7.05 Å². The third kappa shape index (κ3) is 3.39. The molecule has 1 aromatic carbocycles. The lowest BCUT2D eigenvalue weighted by atomic mass is 9.75. The summed E-state index contributed by atoms with van der Waals surface area (Å²) in [6.45, 7) is 1.86. The number of carbonyl (C=O) groups excluding carboxylic acids is 1. The van der Waals surface area contributed by atoms with Crippen molar-refractivity contribution in [3.8, 4) is 0 Å². The van der Waals surface area contributed by atoms with Gasteiger partial charge in [0.15, 0.2) is 0 Å². The van der Waals surface area contributed by atoms with Gasteiger partial charge in [-0.2, -0.15) is 0 Å². The summed E-state index contributed by atoms with van der Waals surface area (Å²) in [7, 11) is 1.72. The smallest absolute Gasteiger partial charge is 0.269 e. The summed E-state index contributed by atoms with van der Waals surface area (Å²) in [6, 6.07) is 6.17. The monoisotopic (exact) mass is 291 g/mol. The highest BCUT2D eigenvalue weighted by atomic mass is 16.6. The highest BCUT2D eigenvalue weighted by Gasteiger charge is 2.36. The van der Waals surface area contributed by atoms with Crippen LogP contribution in [-0.4, -0.2) is 28.3 Å². The van der Waals surface area contributed by atoms with Crippen molar-refractivity contribution in [2.45, 2.75) is 44.2 Å². The van der Waals surface area contributed by atoms with Crippen LogP contribution in [-0.2, 0) is 4.79 Å². The number of rotatable bonds is 5. The van der Waals surface area contributed by atoms with Gasteiger partial charge >= 0.3 is 0 Å². The fourth-order valence-corrected chi connectivity index (χ4v) is 2.57. The lowest BCUT2D eigenvalue weighted by Crippen LogP contribution is -2.50. The summed E-state index contributed by atoms with van der Waals surface area (Å²) in [5.74, 6) is -0.0174. The zero-order valence-electron chi connectivity index (χ0n) is 12.4. The second kappa shape index (κ2) is 5.81. The van der Waals surface area contributed by atoms with Crippen molar-refractivity contribution in [3.05, 3.63) is 39.9 Å². The van der Waals surface area contributed by atoms with Gasteiger partial charge in [0.1, 0.15) is 0 Å². The Labute approximate surface area is 124 Å². The van der Waals surface area contributed by atoms with Gasteiger partial charge in [-0.15, -0.1) is 0 Å². The molecule has 1 aliphatic rings. The Balaban J connectivity index is 2.07. The molecule has 114 valence electrons. The molecule has 6 nitrogen and oxygen atoms in total. The molecule has 0 heterocycles. The van der Waals surface area contributed by atoms with E-state index >= 15 is 0 Å². The summed E-state index contributed by atoms with van der Waals surface area (Å²) >= 11 is 0. The van der Waals surface area contributed by atoms with Crippen molar-refractivity contribution >= 4 is 11.6 Å². The van der Waals surface area contributed by atoms with Crippen molar-refractivity contribution in [2.24, 2.45) is 5.73 Å². The second-order valence-electron chi connectivity index (χ2n) is 5.93. The summed E-state index contributed by atoms with van der Waals surface area (Å²) in [4.78, 5) is 24.3. The van der Waals surface area contributed by atoms with Crippen molar-refractivity contribution in [1.29, 1.82) is 0 Å². The number of nitro benzene ring substituents is 1. The maximum Gasteiger partial charge on any atom is 0.269 e. The minimum atomic E-state index is -0.429. The van der Waals surface area contributed by atoms with Crippen molar-refractivity contribution < 1.29 is 9.72 Å². The summed E-state index contributed by atoms with van der Waals surface area (Å²) in [5, 5.41) is 10.8. The van der Waals surface area contributed by atoms with E-state index in [1.165, 1.54) is 12.1 Å². The number of carbonyl (C=O) groups is 1. The van der Waals surface area contributed by atoms with Crippen molar-refractivity contribution in [1.82, 2.24) is 4.90 Å². The van der Waals surface area contributed by atoms with E-state index in [0.717, 1.165) is 24.8 Å². The van der Waals surface area contributed by atoms with E-state index in [1.54, 1.807) is 24.1 Å². The quantitative estimate of drug-likeness (QED) is 0.666.